The molecule has 1 N–H and O–H groups in total. The Bertz CT molecular complexity index is 1210. The monoisotopic (exact) mass is 462 g/mol. The Morgan fingerprint density at radius 2 is 1.38 bits per heavy atom. The van der Waals surface area contributed by atoms with Crippen molar-refractivity contribution in [2.24, 2.45) is 0 Å². The largest absolute Gasteiger partial charge is 0.497 e. The minimum Gasteiger partial charge on any atom is -0.497 e. The van der Waals surface area contributed by atoms with Gasteiger partial charge >= 0.3 is 5.97 Å². The van der Waals surface area contributed by atoms with Gasteiger partial charge in [-0.3, -0.25) is 0 Å². The average molecular weight is 462 g/mol. The molecule has 0 bridgehead atoms. The fourth-order valence-corrected chi connectivity index (χ4v) is 4.03. The summed E-state index contributed by atoms with van der Waals surface area (Å²) in [5, 5.41) is 11.8. The number of hydrogen-bond acceptors (Lipinski definition) is 7. The highest BCUT2D eigenvalue weighted by Gasteiger charge is 2.48. The molecule has 176 valence electrons. The fraction of sp³-hybridized carbons (Fsp3) is 0.222. The van der Waals surface area contributed by atoms with Gasteiger partial charge in [0.25, 0.3) is 5.79 Å². The van der Waals surface area contributed by atoms with Gasteiger partial charge in [0, 0.05) is 23.6 Å². The number of ether oxygens (including phenoxy) is 5. The Morgan fingerprint density at radius 1 is 0.765 bits per heavy atom. The van der Waals surface area contributed by atoms with Gasteiger partial charge in [-0.25, -0.2) is 4.79 Å². The first-order valence-corrected chi connectivity index (χ1v) is 10.6. The summed E-state index contributed by atoms with van der Waals surface area (Å²) in [5.41, 5.74) is 2.41. The van der Waals surface area contributed by atoms with Gasteiger partial charge in [-0.15, -0.1) is 0 Å². The third-order valence-corrected chi connectivity index (χ3v) is 5.79. The minimum atomic E-state index is -1.97. The van der Waals surface area contributed by atoms with Crippen LogP contribution in [0.5, 0.6) is 23.0 Å². The summed E-state index contributed by atoms with van der Waals surface area (Å²) in [5.74, 6) is -0.316. The molecule has 0 fully saturated rings. The predicted molar refractivity (Wildman–Crippen MR) is 126 cm³/mol. The molecule has 0 saturated carbocycles. The molecular weight excluding hydrogens is 436 g/mol. The summed E-state index contributed by atoms with van der Waals surface area (Å²) < 4.78 is 27.0. The molecule has 0 spiro atoms. The number of carbonyl (C=O) groups excluding carboxylic acids is 1. The molecule has 0 aliphatic carbocycles. The number of cyclic esters (lactones) is 1. The molecule has 1 heterocycles. The van der Waals surface area contributed by atoms with Crippen LogP contribution in [0.3, 0.4) is 0 Å². The van der Waals surface area contributed by atoms with Crippen LogP contribution < -0.4 is 18.9 Å². The second-order valence-electron chi connectivity index (χ2n) is 7.75. The molecule has 7 heteroatoms. The quantitative estimate of drug-likeness (QED) is 0.504. The lowest BCUT2D eigenvalue weighted by Gasteiger charge is -2.26. The van der Waals surface area contributed by atoms with Crippen molar-refractivity contribution in [3.8, 4) is 23.0 Å². The van der Waals surface area contributed by atoms with Crippen molar-refractivity contribution in [3.63, 3.8) is 0 Å². The van der Waals surface area contributed by atoms with Crippen molar-refractivity contribution >= 4 is 11.5 Å². The summed E-state index contributed by atoms with van der Waals surface area (Å²) in [6.07, 6.45) is 0.236. The van der Waals surface area contributed by atoms with Crippen LogP contribution in [0, 0.1) is 0 Å². The minimum absolute atomic E-state index is 0.236. The summed E-state index contributed by atoms with van der Waals surface area (Å²) in [4.78, 5) is 13.2. The average Bonchev–Trinajstić information content (AvgIpc) is 3.13. The highest BCUT2D eigenvalue weighted by molar-refractivity contribution is 6.20. The summed E-state index contributed by atoms with van der Waals surface area (Å²) in [6, 6.07) is 19.3. The van der Waals surface area contributed by atoms with E-state index in [1.807, 2.05) is 24.3 Å². The lowest BCUT2D eigenvalue weighted by molar-refractivity contribution is -0.185. The molecule has 1 aliphatic rings. The van der Waals surface area contributed by atoms with Crippen LogP contribution in [-0.2, 0) is 21.7 Å². The third-order valence-electron chi connectivity index (χ3n) is 5.79. The molecular formula is C27H26O7. The molecule has 3 aromatic rings. The Kier molecular flexibility index (Phi) is 6.47. The fourth-order valence-electron chi connectivity index (χ4n) is 4.03. The van der Waals surface area contributed by atoms with Crippen LogP contribution in [0.2, 0.25) is 0 Å². The van der Waals surface area contributed by atoms with Crippen molar-refractivity contribution in [1.29, 1.82) is 0 Å². The molecule has 0 aromatic heterocycles. The Labute approximate surface area is 198 Å². The first-order valence-electron chi connectivity index (χ1n) is 10.6. The highest BCUT2D eigenvalue weighted by Crippen LogP contribution is 2.46. The van der Waals surface area contributed by atoms with Crippen molar-refractivity contribution in [2.45, 2.75) is 12.2 Å². The Balaban J connectivity index is 1.92. The van der Waals surface area contributed by atoms with Crippen LogP contribution in [0.15, 0.2) is 72.3 Å². The number of methoxy groups -OCH3 is 4. The van der Waals surface area contributed by atoms with Crippen molar-refractivity contribution in [3.05, 3.63) is 89.0 Å². The molecule has 0 saturated heterocycles. The Morgan fingerprint density at radius 3 is 1.97 bits per heavy atom. The molecule has 7 nitrogen and oxygen atoms in total. The molecule has 0 amide bonds. The smallest absolute Gasteiger partial charge is 0.342 e. The molecule has 3 aromatic carbocycles. The molecule has 1 aliphatic heterocycles. The number of esters is 1. The number of rotatable bonds is 8. The van der Waals surface area contributed by atoms with Crippen molar-refractivity contribution in [2.75, 3.05) is 28.4 Å². The van der Waals surface area contributed by atoms with E-state index in [1.165, 1.54) is 14.2 Å². The van der Waals surface area contributed by atoms with E-state index in [1.54, 1.807) is 56.7 Å². The van der Waals surface area contributed by atoms with Gasteiger partial charge in [-0.05, 0) is 59.7 Å². The number of hydrogen-bond donors (Lipinski definition) is 1. The molecule has 0 radical (unpaired) electrons. The summed E-state index contributed by atoms with van der Waals surface area (Å²) >= 11 is 0. The zero-order valence-corrected chi connectivity index (χ0v) is 19.5. The van der Waals surface area contributed by atoms with Crippen LogP contribution in [0.4, 0.5) is 0 Å². The van der Waals surface area contributed by atoms with Gasteiger partial charge in [0.05, 0.1) is 34.0 Å². The molecule has 1 atom stereocenters. The van der Waals surface area contributed by atoms with E-state index in [0.717, 1.165) is 5.56 Å². The number of aliphatic hydroxyl groups is 1. The SMILES string of the molecule is COc1ccc(C2(O)OC(=O)C(c3cc(OC)cc(OC)c3)=C2Cc2cccc(OC)c2)cc1. The van der Waals surface area contributed by atoms with E-state index in [2.05, 4.69) is 0 Å². The molecule has 1 unspecified atom stereocenters. The maximum atomic E-state index is 13.2. The predicted octanol–water partition coefficient (Wildman–Crippen LogP) is 4.12. The number of benzene rings is 3. The van der Waals surface area contributed by atoms with Crippen molar-refractivity contribution in [1.82, 2.24) is 0 Å². The zero-order valence-electron chi connectivity index (χ0n) is 19.5. The second-order valence-corrected chi connectivity index (χ2v) is 7.75. The van der Waals surface area contributed by atoms with Gasteiger partial charge in [0.2, 0.25) is 0 Å². The maximum Gasteiger partial charge on any atom is 0.342 e. The van der Waals surface area contributed by atoms with Crippen LogP contribution >= 0.6 is 0 Å². The van der Waals surface area contributed by atoms with Crippen LogP contribution in [0.1, 0.15) is 16.7 Å². The molecule has 4 rings (SSSR count). The maximum absolute atomic E-state index is 13.2. The zero-order chi connectivity index (χ0) is 24.3. The standard InChI is InChI=1S/C27H26O7/c1-30-20-10-8-19(9-11-20)27(29)24(13-17-6-5-7-21(12-17)31-2)25(26(28)34-27)18-14-22(32-3)16-23(15-18)33-4/h5-12,14-16,29H,13H2,1-4H3. The lowest BCUT2D eigenvalue weighted by atomic mass is 9.88. The second kappa shape index (κ2) is 9.49. The molecule has 34 heavy (non-hydrogen) atoms. The first-order chi connectivity index (χ1) is 16.4. The first kappa shape index (κ1) is 23.2. The van der Waals surface area contributed by atoms with E-state index in [9.17, 15) is 9.90 Å². The topological polar surface area (TPSA) is 83.5 Å². The van der Waals surface area contributed by atoms with E-state index in [4.69, 9.17) is 23.7 Å². The van der Waals surface area contributed by atoms with E-state index >= 15 is 0 Å². The summed E-state index contributed by atoms with van der Waals surface area (Å²) in [6.45, 7) is 0. The lowest BCUT2D eigenvalue weighted by Crippen LogP contribution is -2.29. The highest BCUT2D eigenvalue weighted by atomic mass is 16.7. The Hall–Kier alpha value is -3.97. The van der Waals surface area contributed by atoms with Gasteiger partial charge in [0.1, 0.15) is 23.0 Å². The van der Waals surface area contributed by atoms with Gasteiger partial charge in [-0.1, -0.05) is 12.1 Å². The van der Waals surface area contributed by atoms with E-state index < -0.39 is 11.8 Å². The summed E-state index contributed by atoms with van der Waals surface area (Å²) in [7, 11) is 6.21. The van der Waals surface area contributed by atoms with E-state index in [-0.39, 0.29) is 12.0 Å². The van der Waals surface area contributed by atoms with Gasteiger partial charge < -0.3 is 28.8 Å². The van der Waals surface area contributed by atoms with Crippen LogP contribution in [-0.4, -0.2) is 39.5 Å². The van der Waals surface area contributed by atoms with E-state index in [0.29, 0.717) is 39.7 Å². The van der Waals surface area contributed by atoms with Gasteiger partial charge in [-0.2, -0.15) is 0 Å². The van der Waals surface area contributed by atoms with Gasteiger partial charge in [0.15, 0.2) is 0 Å². The third kappa shape index (κ3) is 4.30. The normalized spacial score (nSPS) is 17.4. The van der Waals surface area contributed by atoms with Crippen LogP contribution in [0.25, 0.3) is 5.57 Å². The van der Waals surface area contributed by atoms with Crippen molar-refractivity contribution < 1.29 is 33.6 Å². The number of carbonyl (C=O) groups is 1.